The van der Waals surface area contributed by atoms with E-state index in [2.05, 4.69) is 45.9 Å². The van der Waals surface area contributed by atoms with Gasteiger partial charge in [-0.15, -0.1) is 31.2 Å². The Labute approximate surface area is 161 Å². The summed E-state index contributed by atoms with van der Waals surface area (Å²) in [7, 11) is 1.60. The monoisotopic (exact) mass is 379 g/mol. The van der Waals surface area contributed by atoms with Crippen molar-refractivity contribution in [3.8, 4) is 11.5 Å². The van der Waals surface area contributed by atoms with Crippen LogP contribution in [0.4, 0.5) is 0 Å². The third-order valence-electron chi connectivity index (χ3n) is 2.86. The quantitative estimate of drug-likeness (QED) is 0.534. The molecule has 1 N–H and O–H groups in total. The molecule has 0 bridgehead atoms. The Bertz CT molecular complexity index is 489. The zero-order chi connectivity index (χ0) is 14.5. The van der Waals surface area contributed by atoms with Crippen molar-refractivity contribution in [2.75, 3.05) is 7.11 Å². The number of methoxy groups -OCH3 is 1. The Balaban J connectivity index is -0.000000346. The molecule has 0 aliphatic heterocycles. The van der Waals surface area contributed by atoms with E-state index in [-0.39, 0.29) is 57.7 Å². The molecule has 0 amide bonds. The van der Waals surface area contributed by atoms with Gasteiger partial charge in [0.15, 0.2) is 0 Å². The molecule has 0 radical (unpaired) electrons. The van der Waals surface area contributed by atoms with Gasteiger partial charge in [0.05, 0.1) is 7.11 Å². The van der Waals surface area contributed by atoms with Gasteiger partial charge in [-0.05, 0) is 23.1 Å². The van der Waals surface area contributed by atoms with Crippen LogP contribution in [0.5, 0.6) is 11.5 Å². The van der Waals surface area contributed by atoms with Crippen LogP contribution in [-0.2, 0) is 27.1 Å². The molecule has 0 aromatic heterocycles. The van der Waals surface area contributed by atoms with Crippen molar-refractivity contribution < 1.29 is 31.6 Å². The molecule has 0 saturated heterocycles. The van der Waals surface area contributed by atoms with Gasteiger partial charge in [0.25, 0.3) is 0 Å². The topological polar surface area (TPSA) is 29.5 Å². The first kappa shape index (κ1) is 26.5. The molecule has 2 rings (SSSR count). The fraction of sp³-hybridized carbons (Fsp3) is 0.412. The van der Waals surface area contributed by atoms with E-state index in [1.807, 2.05) is 6.07 Å². The Morgan fingerprint density at radius 2 is 1.73 bits per heavy atom. The average Bonchev–Trinajstić information content (AvgIpc) is 2.79. The molecule has 0 unspecified atom stereocenters. The van der Waals surface area contributed by atoms with Gasteiger partial charge in [-0.2, -0.15) is 6.08 Å². The summed E-state index contributed by atoms with van der Waals surface area (Å²) in [6.07, 6.45) is 8.33. The maximum atomic E-state index is 9.41. The Morgan fingerprint density at radius 3 is 2.05 bits per heavy atom. The third kappa shape index (κ3) is 9.58. The number of hydrogen-bond donors (Lipinski definition) is 1. The number of phenolic OH excluding ortho intramolecular Hbond substituents is 1. The predicted octanol–water partition coefficient (Wildman–Crippen LogP) is 5.24. The van der Waals surface area contributed by atoms with Crippen LogP contribution in [0.3, 0.4) is 0 Å². The van der Waals surface area contributed by atoms with Crippen molar-refractivity contribution in [2.45, 2.75) is 39.5 Å². The van der Waals surface area contributed by atoms with Crippen molar-refractivity contribution >= 4 is 24.8 Å². The Kier molecular flexibility index (Phi) is 14.5. The molecular formula is C17H25Cl2O2Ti-. The zero-order valence-electron chi connectivity index (χ0n) is 13.8. The van der Waals surface area contributed by atoms with Crippen molar-refractivity contribution in [1.82, 2.24) is 0 Å². The molecule has 0 atom stereocenters. The van der Waals surface area contributed by atoms with E-state index in [0.29, 0.717) is 5.75 Å². The van der Waals surface area contributed by atoms with E-state index >= 15 is 0 Å². The summed E-state index contributed by atoms with van der Waals surface area (Å²) in [6.45, 7) is 8.35. The molecule has 1 aliphatic rings. The van der Waals surface area contributed by atoms with E-state index in [4.69, 9.17) is 4.74 Å². The van der Waals surface area contributed by atoms with Gasteiger partial charge in [0.1, 0.15) is 11.5 Å². The summed E-state index contributed by atoms with van der Waals surface area (Å²) in [5, 5.41) is 9.41. The molecule has 2 nitrogen and oxygen atoms in total. The van der Waals surface area contributed by atoms with Crippen LogP contribution < -0.4 is 4.74 Å². The fourth-order valence-electron chi connectivity index (χ4n) is 1.65. The van der Waals surface area contributed by atoms with Gasteiger partial charge >= 0.3 is 0 Å². The van der Waals surface area contributed by atoms with Crippen molar-refractivity contribution in [1.29, 1.82) is 0 Å². The van der Waals surface area contributed by atoms with Crippen LogP contribution in [0.2, 0.25) is 0 Å². The third-order valence-corrected chi connectivity index (χ3v) is 2.86. The molecule has 124 valence electrons. The SMILES string of the molecule is CC1=[C-]CC=C1.COc1cc(O)cc(C(C)(C)C)c1.Cl.Cl.[Ti]. The number of halogens is 2. The largest absolute Gasteiger partial charge is 0.508 e. The van der Waals surface area contributed by atoms with Gasteiger partial charge in [0.2, 0.25) is 0 Å². The van der Waals surface area contributed by atoms with Crippen molar-refractivity contribution in [3.05, 3.63) is 47.6 Å². The van der Waals surface area contributed by atoms with Crippen LogP contribution in [0.1, 0.15) is 39.7 Å². The first-order valence-corrected chi connectivity index (χ1v) is 6.45. The summed E-state index contributed by atoms with van der Waals surface area (Å²) >= 11 is 0. The van der Waals surface area contributed by atoms with Crippen molar-refractivity contribution in [2.24, 2.45) is 0 Å². The number of benzene rings is 1. The summed E-state index contributed by atoms with van der Waals surface area (Å²) in [5.41, 5.74) is 2.38. The van der Waals surface area contributed by atoms with E-state index in [9.17, 15) is 5.11 Å². The molecule has 22 heavy (non-hydrogen) atoms. The number of rotatable bonds is 1. The summed E-state index contributed by atoms with van der Waals surface area (Å²) in [5.74, 6) is 0.953. The first-order chi connectivity index (χ1) is 8.82. The minimum atomic E-state index is 0. The van der Waals surface area contributed by atoms with Crippen LogP contribution in [0.25, 0.3) is 0 Å². The molecule has 0 heterocycles. The number of phenols is 1. The molecule has 0 saturated carbocycles. The summed E-state index contributed by atoms with van der Waals surface area (Å²) in [6, 6.07) is 5.32. The summed E-state index contributed by atoms with van der Waals surface area (Å²) < 4.78 is 5.07. The molecule has 1 aromatic carbocycles. The van der Waals surface area contributed by atoms with Gasteiger partial charge < -0.3 is 9.84 Å². The van der Waals surface area contributed by atoms with Crippen molar-refractivity contribution in [3.63, 3.8) is 0 Å². The minimum absolute atomic E-state index is 0. The van der Waals surface area contributed by atoms with Gasteiger partial charge in [-0.1, -0.05) is 27.7 Å². The number of allylic oxidation sites excluding steroid dienone is 4. The summed E-state index contributed by atoms with van der Waals surface area (Å²) in [4.78, 5) is 0. The first-order valence-electron chi connectivity index (χ1n) is 6.45. The number of ether oxygens (including phenoxy) is 1. The molecular weight excluding hydrogens is 355 g/mol. The van der Waals surface area contributed by atoms with Crippen LogP contribution in [0.15, 0.2) is 35.9 Å². The fourth-order valence-corrected chi connectivity index (χ4v) is 1.65. The molecule has 0 spiro atoms. The Hall–Kier alpha value is -0.406. The second kappa shape index (κ2) is 12.1. The number of aromatic hydroxyl groups is 1. The number of hydrogen-bond acceptors (Lipinski definition) is 2. The maximum Gasteiger partial charge on any atom is 0.122 e. The molecule has 1 aliphatic carbocycles. The van der Waals surface area contributed by atoms with E-state index in [0.717, 1.165) is 12.0 Å². The normalized spacial score (nSPS) is 11.8. The minimum Gasteiger partial charge on any atom is -0.508 e. The van der Waals surface area contributed by atoms with Crippen LogP contribution in [0, 0.1) is 6.08 Å². The van der Waals surface area contributed by atoms with E-state index < -0.39 is 0 Å². The predicted molar refractivity (Wildman–Crippen MR) is 94.0 cm³/mol. The second-order valence-corrected chi connectivity index (χ2v) is 5.64. The van der Waals surface area contributed by atoms with Crippen LogP contribution >= 0.6 is 24.8 Å². The Morgan fingerprint density at radius 1 is 1.14 bits per heavy atom. The smallest absolute Gasteiger partial charge is 0.122 e. The average molecular weight is 380 g/mol. The van der Waals surface area contributed by atoms with Gasteiger partial charge in [0, 0.05) is 27.8 Å². The van der Waals surface area contributed by atoms with Crippen LogP contribution in [-0.4, -0.2) is 12.2 Å². The van der Waals surface area contributed by atoms with E-state index in [1.165, 1.54) is 5.57 Å². The van der Waals surface area contributed by atoms with E-state index in [1.54, 1.807) is 19.2 Å². The second-order valence-electron chi connectivity index (χ2n) is 5.64. The van der Waals surface area contributed by atoms with Gasteiger partial charge in [-0.3, -0.25) is 6.08 Å². The maximum absolute atomic E-state index is 9.41. The standard InChI is InChI=1S/C11H16O2.C6H7.2ClH.Ti/c1-11(2,3)8-5-9(12)7-10(6-8)13-4;1-6-4-2-3-5-6;;;/h5-7,12H,1-4H3;2,4H,3H2,1H3;2*1H;/q;-1;;;. The molecule has 5 heteroatoms. The molecule has 1 aromatic rings. The van der Waals surface area contributed by atoms with Gasteiger partial charge in [-0.25, -0.2) is 11.6 Å². The zero-order valence-corrected chi connectivity index (χ0v) is 17.0. The molecule has 0 fully saturated rings.